The van der Waals surface area contributed by atoms with Crippen molar-refractivity contribution < 1.29 is 14.6 Å². The maximum atomic E-state index is 12.6. The average Bonchev–Trinajstić information content (AvgIpc) is 2.88. The number of aliphatic hydroxyl groups is 1. The van der Waals surface area contributed by atoms with E-state index in [9.17, 15) is 9.90 Å². The van der Waals surface area contributed by atoms with Crippen molar-refractivity contribution in [2.45, 2.75) is 104 Å². The topological polar surface area (TPSA) is 58.6 Å². The van der Waals surface area contributed by atoms with Gasteiger partial charge in [0.25, 0.3) is 0 Å². The van der Waals surface area contributed by atoms with Gasteiger partial charge in [0, 0.05) is 19.6 Å². The highest BCUT2D eigenvalue weighted by molar-refractivity contribution is 5.76. The van der Waals surface area contributed by atoms with Gasteiger partial charge in [0.1, 0.15) is 0 Å². The first-order valence-corrected chi connectivity index (χ1v) is 15.0. The molecule has 1 aromatic rings. The van der Waals surface area contributed by atoms with E-state index in [1.165, 1.54) is 36.8 Å². The summed E-state index contributed by atoms with van der Waals surface area (Å²) in [5.74, 6) is 2.05. The first-order valence-electron chi connectivity index (χ1n) is 15.0. The van der Waals surface area contributed by atoms with Crippen molar-refractivity contribution in [2.24, 2.45) is 28.6 Å². The van der Waals surface area contributed by atoms with E-state index >= 15 is 0 Å². The summed E-state index contributed by atoms with van der Waals surface area (Å²) >= 11 is 0. The summed E-state index contributed by atoms with van der Waals surface area (Å²) in [6.07, 6.45) is 11.5. The van der Waals surface area contributed by atoms with E-state index in [0.29, 0.717) is 42.7 Å². The molecule has 0 bridgehead atoms. The van der Waals surface area contributed by atoms with Crippen molar-refractivity contribution in [3.8, 4) is 0 Å². The molecule has 0 heterocycles. The van der Waals surface area contributed by atoms with E-state index in [4.69, 9.17) is 4.74 Å². The van der Waals surface area contributed by atoms with Crippen molar-refractivity contribution in [3.63, 3.8) is 0 Å². The second-order valence-electron chi connectivity index (χ2n) is 13.0. The second-order valence-corrected chi connectivity index (χ2v) is 13.0. The third-order valence-corrected chi connectivity index (χ3v) is 10.5. The Bertz CT molecular complexity index is 923. The molecular formula is C33H51NO3. The molecule has 0 spiro atoms. The van der Waals surface area contributed by atoms with E-state index in [-0.39, 0.29) is 17.4 Å². The predicted molar refractivity (Wildman–Crippen MR) is 151 cm³/mol. The summed E-state index contributed by atoms with van der Waals surface area (Å²) in [6, 6.07) is 10.6. The molecule has 4 rings (SSSR count). The second kappa shape index (κ2) is 12.5. The predicted octanol–water partition coefficient (Wildman–Crippen LogP) is 6.86. The molecule has 0 radical (unpaired) electrons. The summed E-state index contributed by atoms with van der Waals surface area (Å²) in [6.45, 7) is 11.4. The minimum absolute atomic E-state index is 0.00180. The first kappa shape index (κ1) is 28.4. The van der Waals surface area contributed by atoms with Crippen LogP contribution in [0.15, 0.2) is 41.5 Å². The molecule has 2 saturated carbocycles. The molecule has 5 atom stereocenters. The summed E-state index contributed by atoms with van der Waals surface area (Å²) in [5.41, 5.74) is 4.79. The third kappa shape index (κ3) is 6.50. The Morgan fingerprint density at radius 1 is 1.03 bits per heavy atom. The van der Waals surface area contributed by atoms with Crippen LogP contribution in [0.3, 0.4) is 0 Å². The lowest BCUT2D eigenvalue weighted by molar-refractivity contribution is -0.149. The number of carbonyl (C=O) groups is 1. The van der Waals surface area contributed by atoms with Crippen molar-refractivity contribution in [3.05, 3.63) is 47.0 Å². The molecule has 1 aromatic carbocycles. The number of hydrogen-bond acceptors (Lipinski definition) is 3. The monoisotopic (exact) mass is 509 g/mol. The molecule has 2 N–H and O–H groups in total. The van der Waals surface area contributed by atoms with Crippen LogP contribution in [0.2, 0.25) is 0 Å². The summed E-state index contributed by atoms with van der Waals surface area (Å²) in [7, 11) is 0. The standard InChI is InChI=1S/C33H51NO3/c1-24-13-16-28-27(14-17-29-32(2,3)30(35)19-20-33(28,29)4)26(24)15-18-31(36)34-21-23-37-22-9-8-12-25-10-6-5-7-11-25/h5-7,10-11,27-30,35H,8-9,12-23H2,1-4H3,(H,34,36)/t27-,28-,29-,30-,33+/m0/s1. The Labute approximate surface area is 225 Å². The molecule has 37 heavy (non-hydrogen) atoms. The number of hydrogen-bond donors (Lipinski definition) is 2. The number of aryl methyl sites for hydroxylation is 1. The lowest BCUT2D eigenvalue weighted by Gasteiger charge is -2.62. The average molecular weight is 510 g/mol. The van der Waals surface area contributed by atoms with Crippen LogP contribution in [0.4, 0.5) is 0 Å². The number of carbonyl (C=O) groups excluding carboxylic acids is 1. The largest absolute Gasteiger partial charge is 0.393 e. The highest BCUT2D eigenvalue weighted by Gasteiger charge is 2.58. The maximum Gasteiger partial charge on any atom is 0.220 e. The van der Waals surface area contributed by atoms with Crippen LogP contribution in [0, 0.1) is 28.6 Å². The van der Waals surface area contributed by atoms with Crippen molar-refractivity contribution in [1.82, 2.24) is 5.32 Å². The smallest absolute Gasteiger partial charge is 0.220 e. The molecule has 3 aliphatic carbocycles. The van der Waals surface area contributed by atoms with Crippen molar-refractivity contribution >= 4 is 5.91 Å². The zero-order chi connectivity index (χ0) is 26.5. The number of benzene rings is 1. The molecule has 3 aliphatic rings. The quantitative estimate of drug-likeness (QED) is 0.253. The molecule has 0 unspecified atom stereocenters. The van der Waals surface area contributed by atoms with Crippen LogP contribution in [0.25, 0.3) is 0 Å². The molecule has 1 amide bonds. The number of ether oxygens (including phenoxy) is 1. The van der Waals surface area contributed by atoms with E-state index in [1.807, 2.05) is 0 Å². The molecular weight excluding hydrogens is 458 g/mol. The van der Waals surface area contributed by atoms with E-state index in [0.717, 1.165) is 45.1 Å². The fourth-order valence-electron chi connectivity index (χ4n) is 8.30. The Kier molecular flexibility index (Phi) is 9.56. The lowest BCUT2D eigenvalue weighted by atomic mass is 9.43. The normalized spacial score (nSPS) is 30.9. The van der Waals surface area contributed by atoms with Gasteiger partial charge in [0.15, 0.2) is 0 Å². The number of amides is 1. The van der Waals surface area contributed by atoms with Crippen molar-refractivity contribution in [1.29, 1.82) is 0 Å². The van der Waals surface area contributed by atoms with Gasteiger partial charge in [-0.05, 0) is 105 Å². The number of allylic oxidation sites excluding steroid dienone is 2. The van der Waals surface area contributed by atoms with Crippen LogP contribution in [-0.2, 0) is 16.0 Å². The number of aliphatic hydroxyl groups excluding tert-OH is 1. The van der Waals surface area contributed by atoms with Gasteiger partial charge in [-0.1, -0.05) is 62.2 Å². The number of fused-ring (bicyclic) bond motifs is 3. The van der Waals surface area contributed by atoms with Gasteiger partial charge in [0.2, 0.25) is 5.91 Å². The molecule has 0 aromatic heterocycles. The minimum atomic E-state index is -0.176. The van der Waals surface area contributed by atoms with Crippen LogP contribution < -0.4 is 5.32 Å². The van der Waals surface area contributed by atoms with Gasteiger partial charge >= 0.3 is 0 Å². The Hall–Kier alpha value is -1.65. The van der Waals surface area contributed by atoms with Crippen LogP contribution in [0.5, 0.6) is 0 Å². The van der Waals surface area contributed by atoms with Gasteiger partial charge in [-0.2, -0.15) is 0 Å². The summed E-state index contributed by atoms with van der Waals surface area (Å²) < 4.78 is 5.75. The SMILES string of the molecule is CC1=C(CCC(=O)NCCOCCCCc2ccccc2)[C@@H]2CC[C@H]3C(C)(C)[C@@H](O)CC[C@]3(C)[C@H]2CC1. The molecule has 4 heteroatoms. The number of rotatable bonds is 11. The fraction of sp³-hybridized carbons (Fsp3) is 0.727. The lowest BCUT2D eigenvalue weighted by Crippen LogP contribution is -2.56. The van der Waals surface area contributed by atoms with Gasteiger partial charge in [-0.15, -0.1) is 0 Å². The van der Waals surface area contributed by atoms with Gasteiger partial charge in [-0.3, -0.25) is 4.79 Å². The molecule has 2 fully saturated rings. The Morgan fingerprint density at radius 2 is 1.81 bits per heavy atom. The van der Waals surface area contributed by atoms with Gasteiger partial charge < -0.3 is 15.2 Å². The summed E-state index contributed by atoms with van der Waals surface area (Å²) in [4.78, 5) is 12.6. The zero-order valence-corrected chi connectivity index (χ0v) is 23.9. The number of nitrogens with one attached hydrogen (secondary N) is 1. The Morgan fingerprint density at radius 3 is 2.59 bits per heavy atom. The van der Waals surface area contributed by atoms with E-state index in [1.54, 1.807) is 5.57 Å². The number of unbranched alkanes of at least 4 members (excludes halogenated alkanes) is 1. The van der Waals surface area contributed by atoms with Gasteiger partial charge in [0.05, 0.1) is 12.7 Å². The fourth-order valence-corrected chi connectivity index (χ4v) is 8.30. The molecule has 206 valence electrons. The van der Waals surface area contributed by atoms with E-state index in [2.05, 4.69) is 63.3 Å². The minimum Gasteiger partial charge on any atom is -0.393 e. The molecule has 0 aliphatic heterocycles. The highest BCUT2D eigenvalue weighted by atomic mass is 16.5. The summed E-state index contributed by atoms with van der Waals surface area (Å²) in [5, 5.41) is 13.8. The third-order valence-electron chi connectivity index (χ3n) is 10.5. The molecule has 4 nitrogen and oxygen atoms in total. The van der Waals surface area contributed by atoms with Crippen LogP contribution in [0.1, 0.15) is 97.5 Å². The van der Waals surface area contributed by atoms with Crippen LogP contribution >= 0.6 is 0 Å². The molecule has 0 saturated heterocycles. The first-order chi connectivity index (χ1) is 17.7. The highest BCUT2D eigenvalue weighted by Crippen LogP contribution is 2.64. The van der Waals surface area contributed by atoms with E-state index < -0.39 is 0 Å². The van der Waals surface area contributed by atoms with Gasteiger partial charge in [-0.25, -0.2) is 0 Å². The van der Waals surface area contributed by atoms with Crippen molar-refractivity contribution in [2.75, 3.05) is 19.8 Å². The maximum absolute atomic E-state index is 12.6. The van der Waals surface area contributed by atoms with Crippen LogP contribution in [-0.4, -0.2) is 36.9 Å². The Balaban J connectivity index is 1.18. The zero-order valence-electron chi connectivity index (χ0n) is 23.9.